The van der Waals surface area contributed by atoms with Crippen molar-refractivity contribution in [3.05, 3.63) is 14.9 Å². The average molecular weight is 330 g/mol. The fourth-order valence-corrected chi connectivity index (χ4v) is 0. The van der Waals surface area contributed by atoms with Crippen LogP contribution in [0.15, 0.2) is 0 Å². The van der Waals surface area contributed by atoms with Gasteiger partial charge in [0.25, 0.3) is 0 Å². The van der Waals surface area contributed by atoms with Crippen LogP contribution in [0.25, 0.3) is 0 Å². The van der Waals surface area contributed by atoms with Gasteiger partial charge in [0.15, 0.2) is 0 Å². The number of rotatable bonds is 0. The standard InChI is InChI=1S/2CH3.H2S.3Y/h2*1H3;1H2;;;/q2*-1;;;;/p-1. The van der Waals surface area contributed by atoms with E-state index in [2.05, 4.69) is 0 Å². The molecule has 0 aliphatic rings. The van der Waals surface area contributed by atoms with Crippen molar-refractivity contribution < 1.29 is 98.1 Å². The van der Waals surface area contributed by atoms with Gasteiger partial charge >= 0.3 is 0 Å². The normalized spacial score (nSPS) is 0. The quantitative estimate of drug-likeness (QED) is 0.357. The molecule has 0 aromatic rings. The van der Waals surface area contributed by atoms with Crippen molar-refractivity contribution in [1.82, 2.24) is 0 Å². The van der Waals surface area contributed by atoms with Gasteiger partial charge in [-0.1, -0.05) is 0 Å². The Morgan fingerprint density at radius 3 is 0.500 bits per heavy atom. The SMILES string of the molecule is [CH3-].[CH3-].[SH-].[Y].[Y].[Y]. The smallest absolute Gasteiger partial charge is 0 e. The van der Waals surface area contributed by atoms with E-state index in [4.69, 9.17) is 0 Å². The minimum atomic E-state index is 0. The maximum Gasteiger partial charge on any atom is 0 e. The van der Waals surface area contributed by atoms with Crippen molar-refractivity contribution in [2.24, 2.45) is 0 Å². The Hall–Kier alpha value is 3.66. The van der Waals surface area contributed by atoms with Gasteiger partial charge in [-0.3, -0.25) is 0 Å². The van der Waals surface area contributed by atoms with Crippen molar-refractivity contribution in [2.75, 3.05) is 0 Å². The molecule has 3 radical (unpaired) electrons. The predicted octanol–water partition coefficient (Wildman–Crippen LogP) is 0.623. The summed E-state index contributed by atoms with van der Waals surface area (Å²) in [4.78, 5) is 0. The Bertz CT molecular complexity index is 8.75. The molecule has 0 bridgehead atoms. The Balaban J connectivity index is 0. The van der Waals surface area contributed by atoms with Crippen LogP contribution in [-0.2, 0) is 112 Å². The van der Waals surface area contributed by atoms with Crippen molar-refractivity contribution in [2.45, 2.75) is 0 Å². The van der Waals surface area contributed by atoms with Gasteiger partial charge in [-0.15, -0.1) is 0 Å². The summed E-state index contributed by atoms with van der Waals surface area (Å²) < 4.78 is 0. The molecular formula is C2H7SY3-3. The number of thiol groups is 1. The summed E-state index contributed by atoms with van der Waals surface area (Å²) in [6.45, 7) is 0. The summed E-state index contributed by atoms with van der Waals surface area (Å²) in [5.41, 5.74) is 0. The monoisotopic (exact) mass is 330 g/mol. The summed E-state index contributed by atoms with van der Waals surface area (Å²) in [5.74, 6) is 0. The molecule has 0 nitrogen and oxygen atoms in total. The molecule has 0 aliphatic carbocycles. The van der Waals surface area contributed by atoms with Crippen LogP contribution < -0.4 is 0 Å². The van der Waals surface area contributed by atoms with Crippen LogP contribution in [-0.4, -0.2) is 0 Å². The van der Waals surface area contributed by atoms with Gasteiger partial charge in [-0.05, 0) is 0 Å². The third-order valence-corrected chi connectivity index (χ3v) is 0. The van der Waals surface area contributed by atoms with Gasteiger partial charge in [0.1, 0.15) is 0 Å². The first kappa shape index (κ1) is 54.1. The molecule has 33 valence electrons. The molecule has 4 heteroatoms. The third-order valence-electron chi connectivity index (χ3n) is 0. The molecule has 0 heterocycles. The molecule has 0 atom stereocenters. The van der Waals surface area contributed by atoms with Crippen LogP contribution in [0.2, 0.25) is 0 Å². The molecule has 0 saturated carbocycles. The average Bonchev–Trinajstić information content (AvgIpc) is 0. The van der Waals surface area contributed by atoms with Crippen LogP contribution in [0.5, 0.6) is 0 Å². The zero-order chi connectivity index (χ0) is 0. The van der Waals surface area contributed by atoms with Gasteiger partial charge in [-0.2, -0.15) is 0 Å². The topological polar surface area (TPSA) is 0 Å². The van der Waals surface area contributed by atoms with Crippen molar-refractivity contribution in [3.8, 4) is 0 Å². The molecular weight excluding hydrogens is 323 g/mol. The summed E-state index contributed by atoms with van der Waals surface area (Å²) in [5, 5.41) is 0. The first-order valence-corrected chi connectivity index (χ1v) is 0. The molecule has 0 fully saturated rings. The summed E-state index contributed by atoms with van der Waals surface area (Å²) in [6.07, 6.45) is 0. The van der Waals surface area contributed by atoms with Gasteiger partial charge in [0, 0.05) is 98.1 Å². The van der Waals surface area contributed by atoms with Gasteiger partial charge in [-0.25, -0.2) is 0 Å². The van der Waals surface area contributed by atoms with E-state index in [0.29, 0.717) is 0 Å². The van der Waals surface area contributed by atoms with E-state index in [1.54, 1.807) is 0 Å². The van der Waals surface area contributed by atoms with Gasteiger partial charge in [0.2, 0.25) is 0 Å². The van der Waals surface area contributed by atoms with E-state index < -0.39 is 0 Å². The molecule has 0 rings (SSSR count). The zero-order valence-electron chi connectivity index (χ0n) is 4.18. The van der Waals surface area contributed by atoms with Crippen molar-refractivity contribution in [1.29, 1.82) is 0 Å². The second-order valence-electron chi connectivity index (χ2n) is 0. The predicted molar refractivity (Wildman–Crippen MR) is 21.6 cm³/mol. The minimum Gasteiger partial charge on any atom is -0.813 e. The molecule has 0 unspecified atom stereocenters. The number of hydrogen-bond acceptors (Lipinski definition) is 1. The van der Waals surface area contributed by atoms with Crippen LogP contribution in [0, 0.1) is 14.9 Å². The second-order valence-corrected chi connectivity index (χ2v) is 0. The van der Waals surface area contributed by atoms with E-state index in [1.807, 2.05) is 0 Å². The summed E-state index contributed by atoms with van der Waals surface area (Å²) in [7, 11) is 0. The molecule has 6 heavy (non-hydrogen) atoms. The van der Waals surface area contributed by atoms with E-state index in [-0.39, 0.29) is 126 Å². The molecule has 0 saturated heterocycles. The van der Waals surface area contributed by atoms with Gasteiger partial charge in [0.05, 0.1) is 0 Å². The van der Waals surface area contributed by atoms with Crippen molar-refractivity contribution >= 4 is 13.5 Å². The molecule has 0 amide bonds. The maximum atomic E-state index is 0. The van der Waals surface area contributed by atoms with Gasteiger partial charge < -0.3 is 28.3 Å². The van der Waals surface area contributed by atoms with Crippen LogP contribution in [0.1, 0.15) is 0 Å². The summed E-state index contributed by atoms with van der Waals surface area (Å²) >= 11 is 0. The van der Waals surface area contributed by atoms with Crippen LogP contribution >= 0.6 is 0 Å². The molecule has 0 aliphatic heterocycles. The first-order chi connectivity index (χ1) is 0. The minimum absolute atomic E-state index is 0. The Morgan fingerprint density at radius 1 is 0.500 bits per heavy atom. The summed E-state index contributed by atoms with van der Waals surface area (Å²) in [6, 6.07) is 0. The molecule has 0 spiro atoms. The van der Waals surface area contributed by atoms with E-state index in [1.165, 1.54) is 0 Å². The Morgan fingerprint density at radius 2 is 0.500 bits per heavy atom. The first-order valence-electron chi connectivity index (χ1n) is 0. The van der Waals surface area contributed by atoms with Crippen LogP contribution in [0.3, 0.4) is 0 Å². The fraction of sp³-hybridized carbons (Fsp3) is 0. The van der Waals surface area contributed by atoms with E-state index in [9.17, 15) is 0 Å². The van der Waals surface area contributed by atoms with Crippen molar-refractivity contribution in [3.63, 3.8) is 0 Å². The fourth-order valence-electron chi connectivity index (χ4n) is 0. The van der Waals surface area contributed by atoms with E-state index in [0.717, 1.165) is 0 Å². The van der Waals surface area contributed by atoms with Crippen LogP contribution in [0.4, 0.5) is 0 Å². The zero-order valence-corrected chi connectivity index (χ0v) is 13.6. The molecule has 0 N–H and O–H groups in total. The molecule has 0 aromatic heterocycles. The number of hydrogen-bond donors (Lipinski definition) is 0. The maximum absolute atomic E-state index is 0. The Labute approximate surface area is 123 Å². The third kappa shape index (κ3) is 25.4. The van der Waals surface area contributed by atoms with E-state index >= 15 is 0 Å². The molecule has 0 aromatic carbocycles. The largest absolute Gasteiger partial charge is 0.813 e. The Kier molecular flexibility index (Phi) is 342. The second kappa shape index (κ2) is 37.9.